The van der Waals surface area contributed by atoms with Gasteiger partial charge >= 0.3 is 0 Å². The number of carbonyl (C=O) groups is 1. The third-order valence-electron chi connectivity index (χ3n) is 5.38. The second kappa shape index (κ2) is 10.0. The highest BCUT2D eigenvalue weighted by atomic mass is 32.1. The van der Waals surface area contributed by atoms with E-state index in [2.05, 4.69) is 33.4 Å². The number of para-hydroxylation sites is 1. The van der Waals surface area contributed by atoms with Crippen molar-refractivity contribution in [2.24, 2.45) is 0 Å². The normalized spacial score (nSPS) is 15.8. The van der Waals surface area contributed by atoms with Crippen LogP contribution < -0.4 is 10.1 Å². The van der Waals surface area contributed by atoms with Gasteiger partial charge in [-0.05, 0) is 29.8 Å². The number of hydrogen-bond donors (Lipinski definition) is 1. The first-order valence-electron chi connectivity index (χ1n) is 10.3. The molecule has 1 saturated heterocycles. The number of aromatic nitrogens is 1. The zero-order chi connectivity index (χ0) is 20.8. The number of hydrogen-bond acceptors (Lipinski definition) is 6. The molecule has 4 rings (SSSR count). The first-order chi connectivity index (χ1) is 14.7. The second-order valence-corrected chi connectivity index (χ2v) is 8.43. The summed E-state index contributed by atoms with van der Waals surface area (Å²) in [6, 6.07) is 16.3. The lowest BCUT2D eigenvalue weighted by Crippen LogP contribution is -2.43. The van der Waals surface area contributed by atoms with Gasteiger partial charge in [0.05, 0.1) is 41.6 Å². The van der Waals surface area contributed by atoms with Crippen LogP contribution in [0.15, 0.2) is 48.5 Å². The van der Waals surface area contributed by atoms with Crippen LogP contribution in [0.3, 0.4) is 0 Å². The number of morpholine rings is 1. The number of amides is 1. The molecule has 1 aliphatic heterocycles. The summed E-state index contributed by atoms with van der Waals surface area (Å²) in [6.45, 7) is 3.73. The highest BCUT2D eigenvalue weighted by Gasteiger charge is 2.23. The summed E-state index contributed by atoms with van der Waals surface area (Å²) in [5.41, 5.74) is 2.17. The quantitative estimate of drug-likeness (QED) is 0.599. The van der Waals surface area contributed by atoms with Crippen molar-refractivity contribution in [1.29, 1.82) is 0 Å². The molecule has 7 heteroatoms. The fraction of sp³-hybridized carbons (Fsp3) is 0.391. The van der Waals surface area contributed by atoms with Crippen LogP contribution in [0, 0.1) is 0 Å². The minimum atomic E-state index is 0.0565. The fourth-order valence-corrected chi connectivity index (χ4v) is 4.69. The predicted octanol–water partition coefficient (Wildman–Crippen LogP) is 3.43. The van der Waals surface area contributed by atoms with Crippen LogP contribution in [0.4, 0.5) is 0 Å². The molecule has 6 nitrogen and oxygen atoms in total. The lowest BCUT2D eigenvalue weighted by atomic mass is 10.0. The van der Waals surface area contributed by atoms with Crippen LogP contribution in [-0.2, 0) is 16.0 Å². The van der Waals surface area contributed by atoms with Crippen molar-refractivity contribution in [3.05, 3.63) is 59.1 Å². The van der Waals surface area contributed by atoms with E-state index in [1.165, 1.54) is 10.3 Å². The minimum absolute atomic E-state index is 0.0565. The Kier molecular flexibility index (Phi) is 6.94. The number of nitrogens with zero attached hydrogens (tertiary/aromatic N) is 2. The summed E-state index contributed by atoms with van der Waals surface area (Å²) in [4.78, 5) is 19.5. The molecule has 1 atom stereocenters. The number of fused-ring (bicyclic) bond motifs is 1. The highest BCUT2D eigenvalue weighted by Crippen LogP contribution is 2.24. The highest BCUT2D eigenvalue weighted by molar-refractivity contribution is 7.18. The first-order valence-corrected chi connectivity index (χ1v) is 11.1. The maximum absolute atomic E-state index is 12.6. The fourth-order valence-electron chi connectivity index (χ4n) is 3.72. The number of methoxy groups -OCH3 is 1. The Morgan fingerprint density at radius 2 is 1.97 bits per heavy atom. The van der Waals surface area contributed by atoms with E-state index in [0.29, 0.717) is 19.4 Å². The Bertz CT molecular complexity index is 934. The number of carbonyl (C=O) groups excluding carboxylic acids is 1. The van der Waals surface area contributed by atoms with Gasteiger partial charge in [-0.1, -0.05) is 24.3 Å². The lowest BCUT2D eigenvalue weighted by Gasteiger charge is -2.35. The predicted molar refractivity (Wildman–Crippen MR) is 119 cm³/mol. The Morgan fingerprint density at radius 1 is 1.20 bits per heavy atom. The third kappa shape index (κ3) is 5.16. The van der Waals surface area contributed by atoms with E-state index < -0.39 is 0 Å². The monoisotopic (exact) mass is 425 g/mol. The van der Waals surface area contributed by atoms with E-state index in [4.69, 9.17) is 9.47 Å². The summed E-state index contributed by atoms with van der Waals surface area (Å²) in [5, 5.41) is 4.14. The van der Waals surface area contributed by atoms with E-state index >= 15 is 0 Å². The molecule has 1 unspecified atom stereocenters. The summed E-state index contributed by atoms with van der Waals surface area (Å²) in [7, 11) is 1.67. The maximum Gasteiger partial charge on any atom is 0.220 e. The molecule has 1 N–H and O–H groups in total. The Balaban J connectivity index is 1.36. The van der Waals surface area contributed by atoms with Crippen LogP contribution >= 0.6 is 11.3 Å². The largest absolute Gasteiger partial charge is 0.497 e. The second-order valence-electron chi connectivity index (χ2n) is 7.32. The van der Waals surface area contributed by atoms with Crippen molar-refractivity contribution in [2.75, 3.05) is 40.0 Å². The van der Waals surface area contributed by atoms with Gasteiger partial charge in [0.15, 0.2) is 0 Å². The topological polar surface area (TPSA) is 63.7 Å². The van der Waals surface area contributed by atoms with Crippen molar-refractivity contribution in [1.82, 2.24) is 15.2 Å². The van der Waals surface area contributed by atoms with Crippen LogP contribution in [0.25, 0.3) is 10.2 Å². The third-order valence-corrected chi connectivity index (χ3v) is 6.48. The van der Waals surface area contributed by atoms with Gasteiger partial charge in [0.25, 0.3) is 0 Å². The summed E-state index contributed by atoms with van der Waals surface area (Å²) < 4.78 is 12.0. The minimum Gasteiger partial charge on any atom is -0.497 e. The molecule has 3 aromatic rings. The molecule has 30 heavy (non-hydrogen) atoms. The first kappa shape index (κ1) is 20.8. The molecule has 0 aliphatic carbocycles. The van der Waals surface area contributed by atoms with E-state index in [9.17, 15) is 4.79 Å². The standard InChI is InChI=1S/C23H27N3O3S/c1-28-18-8-6-17(7-9-18)20(26-12-14-29-15-13-26)16-24-22(27)10-11-23-25-19-4-2-3-5-21(19)30-23/h2-9,20H,10-16H2,1H3,(H,24,27). The molecule has 1 aromatic heterocycles. The summed E-state index contributed by atoms with van der Waals surface area (Å²) in [5.74, 6) is 0.889. The SMILES string of the molecule is COc1ccc(C(CNC(=O)CCc2nc3ccccc3s2)N2CCOCC2)cc1. The molecule has 158 valence electrons. The molecular formula is C23H27N3O3S. The maximum atomic E-state index is 12.6. The Labute approximate surface area is 180 Å². The number of thiazole rings is 1. The Hall–Kier alpha value is -2.48. The average molecular weight is 426 g/mol. The molecule has 2 heterocycles. The number of aryl methyl sites for hydroxylation is 1. The van der Waals surface area contributed by atoms with Crippen molar-refractivity contribution in [3.63, 3.8) is 0 Å². The van der Waals surface area contributed by atoms with E-state index in [0.717, 1.165) is 42.6 Å². The molecule has 0 spiro atoms. The van der Waals surface area contributed by atoms with Crippen LogP contribution in [-0.4, -0.2) is 55.7 Å². The summed E-state index contributed by atoms with van der Waals surface area (Å²) in [6.07, 6.45) is 1.11. The zero-order valence-electron chi connectivity index (χ0n) is 17.2. The molecular weight excluding hydrogens is 398 g/mol. The van der Waals surface area contributed by atoms with Crippen molar-refractivity contribution < 1.29 is 14.3 Å². The molecule has 1 amide bonds. The van der Waals surface area contributed by atoms with Crippen LogP contribution in [0.2, 0.25) is 0 Å². The van der Waals surface area contributed by atoms with Crippen molar-refractivity contribution in [2.45, 2.75) is 18.9 Å². The molecule has 0 bridgehead atoms. The molecule has 1 fully saturated rings. The van der Waals surface area contributed by atoms with Gasteiger partial charge in [0.1, 0.15) is 5.75 Å². The van der Waals surface area contributed by atoms with Crippen molar-refractivity contribution >= 4 is 27.5 Å². The lowest BCUT2D eigenvalue weighted by molar-refractivity contribution is -0.121. The van der Waals surface area contributed by atoms with E-state index in [1.807, 2.05) is 30.3 Å². The number of rotatable bonds is 8. The average Bonchev–Trinajstić information content (AvgIpc) is 3.22. The Morgan fingerprint density at radius 3 is 2.70 bits per heavy atom. The van der Waals surface area contributed by atoms with E-state index in [1.54, 1.807) is 18.4 Å². The smallest absolute Gasteiger partial charge is 0.220 e. The van der Waals surface area contributed by atoms with E-state index in [-0.39, 0.29) is 11.9 Å². The van der Waals surface area contributed by atoms with Crippen molar-refractivity contribution in [3.8, 4) is 5.75 Å². The van der Waals surface area contributed by atoms with Crippen LogP contribution in [0.5, 0.6) is 5.75 Å². The number of nitrogens with one attached hydrogen (secondary N) is 1. The number of benzene rings is 2. The van der Waals surface area contributed by atoms with Gasteiger partial charge in [-0.3, -0.25) is 9.69 Å². The summed E-state index contributed by atoms with van der Waals surface area (Å²) >= 11 is 1.66. The van der Waals surface area contributed by atoms with Gasteiger partial charge in [0, 0.05) is 32.5 Å². The van der Waals surface area contributed by atoms with Gasteiger partial charge in [-0.15, -0.1) is 11.3 Å². The van der Waals surface area contributed by atoms with Gasteiger partial charge in [0.2, 0.25) is 5.91 Å². The zero-order valence-corrected chi connectivity index (χ0v) is 18.0. The van der Waals surface area contributed by atoms with Gasteiger partial charge in [-0.2, -0.15) is 0 Å². The van der Waals surface area contributed by atoms with Crippen LogP contribution in [0.1, 0.15) is 23.0 Å². The molecule has 1 aliphatic rings. The molecule has 0 saturated carbocycles. The molecule has 2 aromatic carbocycles. The van der Waals surface area contributed by atoms with Gasteiger partial charge in [-0.25, -0.2) is 4.98 Å². The molecule has 0 radical (unpaired) electrons. The number of ether oxygens (including phenoxy) is 2. The van der Waals surface area contributed by atoms with Gasteiger partial charge < -0.3 is 14.8 Å².